The molecule has 0 fully saturated rings. The number of rotatable bonds is 5. The zero-order valence-electron chi connectivity index (χ0n) is 14.8. The number of nitrogens with zero attached hydrogens (tertiary/aromatic N) is 3. The van der Waals surface area contributed by atoms with Gasteiger partial charge in [0.2, 0.25) is 5.91 Å². The Bertz CT molecular complexity index is 780. The van der Waals surface area contributed by atoms with Crippen LogP contribution in [-0.4, -0.2) is 27.0 Å². The molecule has 128 valence electrons. The third-order valence-corrected chi connectivity index (χ3v) is 3.74. The molecule has 2 aromatic heterocycles. The number of nitrogen functional groups attached to an aromatic ring is 1. The number of carbonyl (C=O) groups is 1. The molecular formula is C18H25N5O. The van der Waals surface area contributed by atoms with Crippen molar-refractivity contribution in [1.29, 1.82) is 0 Å². The first-order valence-electron chi connectivity index (χ1n) is 8.26. The number of carbonyl (C=O) groups excluding carboxylic acids is 1. The van der Waals surface area contributed by atoms with E-state index in [1.165, 1.54) is 6.33 Å². The summed E-state index contributed by atoms with van der Waals surface area (Å²) in [5.41, 5.74) is 7.55. The second kappa shape index (κ2) is 7.82. The van der Waals surface area contributed by atoms with Gasteiger partial charge in [0.05, 0.1) is 17.5 Å². The number of fused-ring (bicyclic) bond motifs is 1. The monoisotopic (exact) mass is 327 g/mol. The van der Waals surface area contributed by atoms with Crippen molar-refractivity contribution in [2.45, 2.75) is 46.6 Å². The molecule has 2 aromatic rings. The van der Waals surface area contributed by atoms with Crippen molar-refractivity contribution in [3.05, 3.63) is 18.1 Å². The van der Waals surface area contributed by atoms with E-state index in [1.807, 2.05) is 10.8 Å². The highest BCUT2D eigenvalue weighted by Gasteiger charge is 2.13. The Kier molecular flexibility index (Phi) is 5.80. The van der Waals surface area contributed by atoms with E-state index in [2.05, 4.69) is 54.8 Å². The van der Waals surface area contributed by atoms with E-state index in [9.17, 15) is 4.79 Å². The summed E-state index contributed by atoms with van der Waals surface area (Å²) in [6.07, 6.45) is 4.82. The van der Waals surface area contributed by atoms with Crippen molar-refractivity contribution >= 4 is 22.8 Å². The first kappa shape index (κ1) is 17.8. The maximum absolute atomic E-state index is 11.7. The van der Waals surface area contributed by atoms with Gasteiger partial charge in [0, 0.05) is 18.7 Å². The van der Waals surface area contributed by atoms with Gasteiger partial charge in [-0.1, -0.05) is 25.7 Å². The van der Waals surface area contributed by atoms with Gasteiger partial charge in [-0.2, -0.15) is 0 Å². The molecule has 1 amide bonds. The molecule has 0 aromatic carbocycles. The standard InChI is InChI=1S/C18H25N5O/c1-12(2)7-8-15(24)20-9-5-6-14-10-23(13(3)4)18-16(14)17(19)21-11-22-18/h10-13H,7-9H2,1-4H3,(H,20,24)(H2,19,21,22). The minimum Gasteiger partial charge on any atom is -0.383 e. The summed E-state index contributed by atoms with van der Waals surface area (Å²) < 4.78 is 2.03. The van der Waals surface area contributed by atoms with Crippen LogP contribution in [-0.2, 0) is 4.79 Å². The summed E-state index contributed by atoms with van der Waals surface area (Å²) in [6, 6.07) is 0.244. The molecule has 0 atom stereocenters. The third kappa shape index (κ3) is 4.25. The van der Waals surface area contributed by atoms with Crippen LogP contribution in [0.4, 0.5) is 5.82 Å². The Morgan fingerprint density at radius 1 is 1.33 bits per heavy atom. The molecule has 0 aliphatic heterocycles. The van der Waals surface area contributed by atoms with Crippen molar-refractivity contribution in [3.8, 4) is 11.8 Å². The van der Waals surface area contributed by atoms with Gasteiger partial charge < -0.3 is 15.6 Å². The summed E-state index contributed by atoms with van der Waals surface area (Å²) in [5.74, 6) is 7.04. The summed E-state index contributed by atoms with van der Waals surface area (Å²) in [4.78, 5) is 20.1. The van der Waals surface area contributed by atoms with Crippen LogP contribution in [0.25, 0.3) is 11.0 Å². The van der Waals surface area contributed by atoms with Crippen LogP contribution in [0.5, 0.6) is 0 Å². The van der Waals surface area contributed by atoms with Crippen molar-refractivity contribution in [3.63, 3.8) is 0 Å². The Morgan fingerprint density at radius 3 is 2.75 bits per heavy atom. The molecule has 0 unspecified atom stereocenters. The van der Waals surface area contributed by atoms with Crippen LogP contribution in [0, 0.1) is 17.8 Å². The Morgan fingerprint density at radius 2 is 2.08 bits per heavy atom. The lowest BCUT2D eigenvalue weighted by Gasteiger charge is -2.07. The molecule has 2 rings (SSSR count). The van der Waals surface area contributed by atoms with Crippen LogP contribution in [0.1, 0.15) is 52.1 Å². The number of aromatic nitrogens is 3. The fourth-order valence-electron chi connectivity index (χ4n) is 2.39. The van der Waals surface area contributed by atoms with Crippen molar-refractivity contribution in [2.24, 2.45) is 5.92 Å². The molecule has 24 heavy (non-hydrogen) atoms. The Balaban J connectivity index is 2.12. The highest BCUT2D eigenvalue weighted by atomic mass is 16.1. The van der Waals surface area contributed by atoms with Crippen LogP contribution in [0.2, 0.25) is 0 Å². The molecular weight excluding hydrogens is 302 g/mol. The van der Waals surface area contributed by atoms with E-state index >= 15 is 0 Å². The highest BCUT2D eigenvalue weighted by Crippen LogP contribution is 2.25. The van der Waals surface area contributed by atoms with E-state index in [0.29, 0.717) is 24.7 Å². The zero-order valence-corrected chi connectivity index (χ0v) is 14.8. The van der Waals surface area contributed by atoms with Gasteiger partial charge in [0.15, 0.2) is 0 Å². The molecule has 0 saturated heterocycles. The van der Waals surface area contributed by atoms with Crippen LogP contribution >= 0.6 is 0 Å². The quantitative estimate of drug-likeness (QED) is 0.826. The smallest absolute Gasteiger partial charge is 0.220 e. The Hall–Kier alpha value is -2.55. The van der Waals surface area contributed by atoms with Crippen molar-refractivity contribution in [1.82, 2.24) is 19.9 Å². The minimum atomic E-state index is 0.0328. The largest absolute Gasteiger partial charge is 0.383 e. The molecule has 0 spiro atoms. The lowest BCUT2D eigenvalue weighted by atomic mass is 10.1. The predicted octanol–water partition coefficient (Wildman–Crippen LogP) is 2.50. The molecule has 0 radical (unpaired) electrons. The minimum absolute atomic E-state index is 0.0328. The lowest BCUT2D eigenvalue weighted by molar-refractivity contribution is -0.121. The van der Waals surface area contributed by atoms with E-state index in [-0.39, 0.29) is 11.9 Å². The molecule has 0 bridgehead atoms. The van der Waals surface area contributed by atoms with Gasteiger partial charge in [0.1, 0.15) is 17.8 Å². The first-order valence-corrected chi connectivity index (χ1v) is 8.26. The van der Waals surface area contributed by atoms with E-state index in [4.69, 9.17) is 5.73 Å². The van der Waals surface area contributed by atoms with Gasteiger partial charge in [-0.05, 0) is 26.2 Å². The van der Waals surface area contributed by atoms with Gasteiger partial charge in [-0.3, -0.25) is 4.79 Å². The molecule has 0 saturated carbocycles. The van der Waals surface area contributed by atoms with Crippen LogP contribution < -0.4 is 11.1 Å². The zero-order chi connectivity index (χ0) is 17.7. The second-order valence-corrected chi connectivity index (χ2v) is 6.51. The summed E-state index contributed by atoms with van der Waals surface area (Å²) in [7, 11) is 0. The number of amides is 1. The van der Waals surface area contributed by atoms with Crippen LogP contribution in [0.15, 0.2) is 12.5 Å². The molecule has 6 heteroatoms. The molecule has 3 N–H and O–H groups in total. The van der Waals surface area contributed by atoms with E-state index in [1.54, 1.807) is 0 Å². The molecule has 0 aliphatic rings. The maximum Gasteiger partial charge on any atom is 0.220 e. The van der Waals surface area contributed by atoms with E-state index < -0.39 is 0 Å². The topological polar surface area (TPSA) is 85.8 Å². The number of anilines is 1. The first-order chi connectivity index (χ1) is 11.4. The van der Waals surface area contributed by atoms with Gasteiger partial charge >= 0.3 is 0 Å². The second-order valence-electron chi connectivity index (χ2n) is 6.51. The number of hydrogen-bond donors (Lipinski definition) is 2. The Labute approximate surface area is 142 Å². The summed E-state index contributed by atoms with van der Waals surface area (Å²) in [6.45, 7) is 8.67. The van der Waals surface area contributed by atoms with Gasteiger partial charge in [0.25, 0.3) is 0 Å². The number of nitrogens with two attached hydrogens (primary N) is 1. The van der Waals surface area contributed by atoms with Gasteiger partial charge in [-0.25, -0.2) is 9.97 Å². The molecule has 6 nitrogen and oxygen atoms in total. The summed E-state index contributed by atoms with van der Waals surface area (Å²) >= 11 is 0. The van der Waals surface area contributed by atoms with Crippen molar-refractivity contribution < 1.29 is 4.79 Å². The van der Waals surface area contributed by atoms with E-state index in [0.717, 1.165) is 23.0 Å². The van der Waals surface area contributed by atoms with Crippen molar-refractivity contribution in [2.75, 3.05) is 12.3 Å². The number of nitrogens with one attached hydrogen (secondary N) is 1. The summed E-state index contributed by atoms with van der Waals surface area (Å²) in [5, 5.41) is 3.59. The average Bonchev–Trinajstić information content (AvgIpc) is 2.90. The fourth-order valence-corrected chi connectivity index (χ4v) is 2.39. The van der Waals surface area contributed by atoms with Crippen LogP contribution in [0.3, 0.4) is 0 Å². The normalized spacial score (nSPS) is 10.9. The predicted molar refractivity (Wildman–Crippen MR) is 96.3 cm³/mol. The molecule has 0 aliphatic carbocycles. The highest BCUT2D eigenvalue weighted by molar-refractivity contribution is 5.92. The fraction of sp³-hybridized carbons (Fsp3) is 0.500. The lowest BCUT2D eigenvalue weighted by Crippen LogP contribution is -2.23. The number of hydrogen-bond acceptors (Lipinski definition) is 4. The SMILES string of the molecule is CC(C)CCC(=O)NCC#Cc1cn(C(C)C)c2ncnc(N)c12. The third-order valence-electron chi connectivity index (χ3n) is 3.74. The maximum atomic E-state index is 11.7. The van der Waals surface area contributed by atoms with Gasteiger partial charge in [-0.15, -0.1) is 0 Å². The average molecular weight is 327 g/mol. The molecule has 2 heterocycles.